The predicted octanol–water partition coefficient (Wildman–Crippen LogP) is 3.79. The van der Waals surface area contributed by atoms with Gasteiger partial charge < -0.3 is 15.4 Å². The van der Waals surface area contributed by atoms with Crippen molar-refractivity contribution in [2.75, 3.05) is 17.2 Å². The highest BCUT2D eigenvalue weighted by molar-refractivity contribution is 8.00. The molecular formula is C30H25N3O4S. The van der Waals surface area contributed by atoms with Crippen LogP contribution >= 0.6 is 11.8 Å². The van der Waals surface area contributed by atoms with Crippen LogP contribution in [0, 0.1) is 0 Å². The number of rotatable bonds is 6. The molecule has 0 bridgehead atoms. The molecule has 0 radical (unpaired) electrons. The van der Waals surface area contributed by atoms with E-state index < -0.39 is 18.1 Å². The fourth-order valence-corrected chi connectivity index (χ4v) is 6.17. The second kappa shape index (κ2) is 9.96. The predicted molar refractivity (Wildman–Crippen MR) is 146 cm³/mol. The van der Waals surface area contributed by atoms with E-state index in [2.05, 4.69) is 0 Å². The van der Waals surface area contributed by atoms with Crippen LogP contribution in [0.2, 0.25) is 0 Å². The number of hydrogen-bond acceptors (Lipinski definition) is 6. The number of benzene rings is 3. The number of nitrogens with zero attached hydrogens (tertiary/aromatic N) is 2. The van der Waals surface area contributed by atoms with E-state index in [0.717, 1.165) is 16.8 Å². The lowest BCUT2D eigenvalue weighted by Gasteiger charge is -2.48. The minimum Gasteiger partial charge on any atom is -0.448 e. The van der Waals surface area contributed by atoms with Crippen molar-refractivity contribution in [1.29, 1.82) is 0 Å². The number of ether oxygens (including phenoxy) is 1. The molecule has 0 unspecified atom stereocenters. The summed E-state index contributed by atoms with van der Waals surface area (Å²) >= 11 is 1.49. The van der Waals surface area contributed by atoms with E-state index in [1.807, 2.05) is 91.0 Å². The Hall–Kier alpha value is -4.14. The summed E-state index contributed by atoms with van der Waals surface area (Å²) in [6.07, 6.45) is 1.07. The Morgan fingerprint density at radius 2 is 1.50 bits per heavy atom. The van der Waals surface area contributed by atoms with E-state index in [1.165, 1.54) is 16.7 Å². The van der Waals surface area contributed by atoms with Crippen molar-refractivity contribution < 1.29 is 19.1 Å². The molecular weight excluding hydrogens is 498 g/mol. The molecule has 2 atom stereocenters. The largest absolute Gasteiger partial charge is 0.448 e. The zero-order chi connectivity index (χ0) is 26.2. The van der Waals surface area contributed by atoms with Gasteiger partial charge in [0.15, 0.2) is 6.10 Å². The van der Waals surface area contributed by atoms with Crippen molar-refractivity contribution in [3.63, 3.8) is 0 Å². The lowest BCUT2D eigenvalue weighted by molar-refractivity contribution is -0.153. The molecule has 3 aliphatic rings. The van der Waals surface area contributed by atoms with E-state index in [9.17, 15) is 14.4 Å². The highest BCUT2D eigenvalue weighted by Crippen LogP contribution is 2.42. The summed E-state index contributed by atoms with van der Waals surface area (Å²) in [5, 5.41) is -0.336. The molecule has 2 fully saturated rings. The van der Waals surface area contributed by atoms with Crippen LogP contribution in [0.25, 0.3) is 0 Å². The highest BCUT2D eigenvalue weighted by atomic mass is 32.2. The van der Waals surface area contributed by atoms with Crippen molar-refractivity contribution in [3.8, 4) is 0 Å². The van der Waals surface area contributed by atoms with E-state index >= 15 is 0 Å². The maximum Gasteiger partial charge on any atom is 0.356 e. The number of nitrogens with two attached hydrogens (primary N) is 1. The molecule has 38 heavy (non-hydrogen) atoms. The third kappa shape index (κ3) is 4.21. The van der Waals surface area contributed by atoms with Gasteiger partial charge in [-0.1, -0.05) is 78.9 Å². The van der Waals surface area contributed by atoms with Gasteiger partial charge in [0.1, 0.15) is 17.1 Å². The fourth-order valence-electron chi connectivity index (χ4n) is 4.91. The molecule has 190 valence electrons. The second-order valence-corrected chi connectivity index (χ2v) is 10.4. The van der Waals surface area contributed by atoms with Crippen LogP contribution in [-0.4, -0.2) is 46.4 Å². The number of thioether (sulfide) groups is 1. The smallest absolute Gasteiger partial charge is 0.356 e. The van der Waals surface area contributed by atoms with Crippen molar-refractivity contribution in [2.45, 2.75) is 17.5 Å². The van der Waals surface area contributed by atoms with Crippen LogP contribution in [0.15, 0.2) is 114 Å². The zero-order valence-corrected chi connectivity index (χ0v) is 21.2. The van der Waals surface area contributed by atoms with Gasteiger partial charge in [-0.25, -0.2) is 4.79 Å². The number of hydrogen-bond donors (Lipinski definition) is 1. The molecule has 2 saturated heterocycles. The number of fused-ring (bicyclic) bond motifs is 1. The number of β-lactam (4-membered cyclic amide) rings is 2. The Morgan fingerprint density at radius 1 is 0.921 bits per heavy atom. The van der Waals surface area contributed by atoms with E-state index in [-0.39, 0.29) is 22.9 Å². The van der Waals surface area contributed by atoms with Gasteiger partial charge in [0.2, 0.25) is 5.91 Å². The molecule has 6 rings (SSSR count). The highest BCUT2D eigenvalue weighted by Gasteiger charge is 2.52. The van der Waals surface area contributed by atoms with Crippen LogP contribution in [0.4, 0.5) is 5.69 Å². The van der Waals surface area contributed by atoms with Crippen LogP contribution in [0.3, 0.4) is 0 Å². The third-order valence-electron chi connectivity index (χ3n) is 6.93. The average molecular weight is 524 g/mol. The Morgan fingerprint density at radius 3 is 2.08 bits per heavy atom. The molecule has 2 N–H and O–H groups in total. The third-order valence-corrected chi connectivity index (χ3v) is 8.25. The van der Waals surface area contributed by atoms with Crippen LogP contribution in [0.1, 0.15) is 17.2 Å². The van der Waals surface area contributed by atoms with E-state index in [1.54, 1.807) is 11.0 Å². The number of anilines is 1. The molecule has 3 aromatic rings. The minimum atomic E-state index is -0.671. The quantitative estimate of drug-likeness (QED) is 0.300. The Kier molecular flexibility index (Phi) is 6.35. The molecule has 0 saturated carbocycles. The average Bonchev–Trinajstić information content (AvgIpc) is 2.98. The van der Waals surface area contributed by atoms with Gasteiger partial charge in [0.25, 0.3) is 5.91 Å². The van der Waals surface area contributed by atoms with Crippen LogP contribution in [0.5, 0.6) is 0 Å². The molecule has 8 heteroatoms. The van der Waals surface area contributed by atoms with E-state index in [4.69, 9.17) is 10.5 Å². The maximum atomic E-state index is 13.8. The van der Waals surface area contributed by atoms with Crippen LogP contribution in [-0.2, 0) is 19.1 Å². The zero-order valence-electron chi connectivity index (χ0n) is 20.4. The molecule has 3 aromatic carbocycles. The SMILES string of the molecule is N[C@@H]1C(=O)N2C(C(=O)OC(c3ccccc3)c3ccccc3)=C(/C=C3/CN(c4ccccc4)C3=O)CS[C@H]12. The van der Waals surface area contributed by atoms with Gasteiger partial charge in [0, 0.05) is 17.0 Å². The lowest BCUT2D eigenvalue weighted by Crippen LogP contribution is -2.68. The standard InChI is InChI=1S/C30H25N3O4S/c31-24-28(35)33-25(30(36)37-26(19-10-4-1-5-11-19)20-12-6-2-7-13-20)22(18-38-29(24)33)16-21-17-32(27(21)34)23-14-8-3-9-15-23/h1-16,24,26,29H,17-18,31H2/b21-16-/t24-,29-/m1/s1. The molecule has 7 nitrogen and oxygen atoms in total. The maximum absolute atomic E-state index is 13.8. The number of esters is 1. The number of amides is 2. The summed E-state index contributed by atoms with van der Waals surface area (Å²) < 4.78 is 6.11. The Bertz CT molecular complexity index is 1420. The summed E-state index contributed by atoms with van der Waals surface area (Å²) in [4.78, 5) is 42.7. The Labute approximate surface area is 224 Å². The van der Waals surface area contributed by atoms with Gasteiger partial charge in [-0.15, -0.1) is 11.8 Å². The van der Waals surface area contributed by atoms with Gasteiger partial charge in [-0.3, -0.25) is 14.5 Å². The van der Waals surface area contributed by atoms with Crippen LogP contribution < -0.4 is 10.6 Å². The summed E-state index contributed by atoms with van der Waals surface area (Å²) in [5.74, 6) is -0.629. The summed E-state index contributed by atoms with van der Waals surface area (Å²) in [6.45, 7) is 0.423. The Balaban J connectivity index is 1.34. The van der Waals surface area contributed by atoms with Gasteiger partial charge in [-0.05, 0) is 34.9 Å². The summed E-state index contributed by atoms with van der Waals surface area (Å²) in [6, 6.07) is 27.7. The second-order valence-electron chi connectivity index (χ2n) is 9.31. The molecule has 0 spiro atoms. The number of para-hydroxylation sites is 1. The molecule has 0 aromatic heterocycles. The van der Waals surface area contributed by atoms with Crippen molar-refractivity contribution >= 4 is 35.2 Å². The first kappa shape index (κ1) is 24.2. The number of carbonyl (C=O) groups excluding carboxylic acids is 3. The molecule has 3 aliphatic heterocycles. The topological polar surface area (TPSA) is 92.9 Å². The lowest BCUT2D eigenvalue weighted by atomic mass is 9.98. The minimum absolute atomic E-state index is 0.123. The number of carbonyl (C=O) groups is 3. The van der Waals surface area contributed by atoms with E-state index in [0.29, 0.717) is 23.4 Å². The van der Waals surface area contributed by atoms with Gasteiger partial charge in [0.05, 0.1) is 6.54 Å². The van der Waals surface area contributed by atoms with Crippen molar-refractivity contribution in [2.24, 2.45) is 5.73 Å². The summed E-state index contributed by atoms with van der Waals surface area (Å²) in [7, 11) is 0. The first-order valence-electron chi connectivity index (χ1n) is 12.3. The van der Waals surface area contributed by atoms with Gasteiger partial charge >= 0.3 is 5.97 Å². The first-order valence-corrected chi connectivity index (χ1v) is 13.4. The molecule has 2 amide bonds. The fraction of sp³-hybridized carbons (Fsp3) is 0.167. The molecule has 3 heterocycles. The van der Waals surface area contributed by atoms with Gasteiger partial charge in [-0.2, -0.15) is 0 Å². The molecule has 0 aliphatic carbocycles. The first-order chi connectivity index (χ1) is 18.5. The van der Waals surface area contributed by atoms with Crippen molar-refractivity contribution in [1.82, 2.24) is 4.90 Å². The normalized spacial score (nSPS) is 21.8. The van der Waals surface area contributed by atoms with Crippen molar-refractivity contribution in [3.05, 3.63) is 125 Å². The summed E-state index contributed by atoms with van der Waals surface area (Å²) in [5.41, 5.74) is 9.82. The monoisotopic (exact) mass is 523 g/mol. The number of allylic oxidation sites excluding steroid dienone is 1.